The summed E-state index contributed by atoms with van der Waals surface area (Å²) in [5.74, 6) is 0. The van der Waals surface area contributed by atoms with Crippen LogP contribution in [0.2, 0.25) is 0 Å². The Labute approximate surface area is 121 Å². The smallest absolute Gasteiger partial charge is 0.0400 e. The van der Waals surface area contributed by atoms with Crippen LogP contribution in [-0.2, 0) is 0 Å². The van der Waals surface area contributed by atoms with E-state index in [9.17, 15) is 0 Å². The Bertz CT molecular complexity index is 353. The molecule has 1 heterocycles. The van der Waals surface area contributed by atoms with E-state index in [4.69, 9.17) is 0 Å². The van der Waals surface area contributed by atoms with E-state index in [2.05, 4.69) is 45.9 Å². The Hall–Kier alpha value is 0.490. The van der Waals surface area contributed by atoms with Crippen molar-refractivity contribution in [3.63, 3.8) is 0 Å². The average molecular weight is 334 g/mol. The number of hydrogen-bond donors (Lipinski definition) is 1. The summed E-state index contributed by atoms with van der Waals surface area (Å²) < 4.78 is 1.25. The van der Waals surface area contributed by atoms with E-state index in [0.717, 1.165) is 5.25 Å². The summed E-state index contributed by atoms with van der Waals surface area (Å²) in [6, 6.07) is 3.29. The van der Waals surface area contributed by atoms with Crippen molar-refractivity contribution in [3.05, 3.63) is 20.8 Å². The number of rotatable bonds is 4. The Morgan fingerprint density at radius 1 is 1.47 bits per heavy atom. The first-order chi connectivity index (χ1) is 8.22. The van der Waals surface area contributed by atoms with Crippen molar-refractivity contribution in [1.82, 2.24) is 5.32 Å². The molecule has 0 amide bonds. The quantitative estimate of drug-likeness (QED) is 0.846. The van der Waals surface area contributed by atoms with Gasteiger partial charge in [-0.15, -0.1) is 11.3 Å². The molecule has 3 atom stereocenters. The molecule has 0 spiro atoms. The number of thioether (sulfide) groups is 1. The van der Waals surface area contributed by atoms with Gasteiger partial charge in [0.15, 0.2) is 0 Å². The summed E-state index contributed by atoms with van der Waals surface area (Å²) in [6.07, 6.45) is 7.74. The minimum absolute atomic E-state index is 0.460. The third-order valence-electron chi connectivity index (χ3n) is 3.51. The first kappa shape index (κ1) is 13.9. The van der Waals surface area contributed by atoms with Crippen molar-refractivity contribution in [2.24, 2.45) is 0 Å². The summed E-state index contributed by atoms with van der Waals surface area (Å²) in [7, 11) is 0. The van der Waals surface area contributed by atoms with Crippen LogP contribution in [0.5, 0.6) is 0 Å². The molecule has 0 bridgehead atoms. The van der Waals surface area contributed by atoms with Gasteiger partial charge in [-0.2, -0.15) is 11.8 Å². The lowest BCUT2D eigenvalue weighted by Crippen LogP contribution is -2.41. The zero-order valence-electron chi connectivity index (χ0n) is 10.4. The summed E-state index contributed by atoms with van der Waals surface area (Å²) in [4.78, 5) is 1.43. The maximum Gasteiger partial charge on any atom is 0.0400 e. The molecule has 0 saturated heterocycles. The van der Waals surface area contributed by atoms with E-state index in [1.54, 1.807) is 0 Å². The van der Waals surface area contributed by atoms with Crippen LogP contribution in [0.1, 0.15) is 43.5 Å². The lowest BCUT2D eigenvalue weighted by Gasteiger charge is -2.33. The van der Waals surface area contributed by atoms with Gasteiger partial charge in [-0.3, -0.25) is 0 Å². The fourth-order valence-corrected chi connectivity index (χ4v) is 5.26. The molecule has 3 unspecified atom stereocenters. The summed E-state index contributed by atoms with van der Waals surface area (Å²) in [5, 5.41) is 6.78. The SMILES string of the molecule is CSC1CCCCC1NC(C)c1sccc1Br. The fourth-order valence-electron chi connectivity index (χ4n) is 2.58. The monoisotopic (exact) mass is 333 g/mol. The van der Waals surface area contributed by atoms with Crippen LogP contribution in [0, 0.1) is 0 Å². The van der Waals surface area contributed by atoms with Gasteiger partial charge in [0.05, 0.1) is 0 Å². The second kappa shape index (κ2) is 6.60. The molecule has 0 aromatic carbocycles. The molecule has 1 N–H and O–H groups in total. The largest absolute Gasteiger partial charge is 0.306 e. The Morgan fingerprint density at radius 2 is 2.24 bits per heavy atom. The lowest BCUT2D eigenvalue weighted by atomic mass is 9.94. The van der Waals surface area contributed by atoms with Crippen molar-refractivity contribution in [3.8, 4) is 0 Å². The van der Waals surface area contributed by atoms with Crippen LogP contribution in [-0.4, -0.2) is 17.5 Å². The summed E-state index contributed by atoms with van der Waals surface area (Å²) >= 11 is 7.49. The zero-order chi connectivity index (χ0) is 12.3. The van der Waals surface area contributed by atoms with E-state index in [1.807, 2.05) is 23.1 Å². The highest BCUT2D eigenvalue weighted by Crippen LogP contribution is 2.32. The molecular formula is C13H20BrNS2. The molecule has 17 heavy (non-hydrogen) atoms. The molecule has 0 radical (unpaired) electrons. The van der Waals surface area contributed by atoms with Crippen molar-refractivity contribution in [2.45, 2.75) is 49.9 Å². The second-order valence-electron chi connectivity index (χ2n) is 4.69. The van der Waals surface area contributed by atoms with Crippen LogP contribution < -0.4 is 5.32 Å². The van der Waals surface area contributed by atoms with Gasteiger partial charge in [-0.1, -0.05) is 12.8 Å². The molecule has 1 saturated carbocycles. The normalized spacial score (nSPS) is 27.0. The standard InChI is InChI=1S/C13H20BrNS2/c1-9(13-10(14)7-8-17-13)15-11-5-3-4-6-12(11)16-2/h7-9,11-12,15H,3-6H2,1-2H3. The van der Waals surface area contributed by atoms with E-state index in [-0.39, 0.29) is 0 Å². The molecule has 0 aliphatic heterocycles. The van der Waals surface area contributed by atoms with Gasteiger partial charge in [0.25, 0.3) is 0 Å². The first-order valence-electron chi connectivity index (χ1n) is 6.24. The molecule has 1 fully saturated rings. The van der Waals surface area contributed by atoms with Crippen molar-refractivity contribution >= 4 is 39.0 Å². The van der Waals surface area contributed by atoms with Crippen molar-refractivity contribution < 1.29 is 0 Å². The van der Waals surface area contributed by atoms with Crippen molar-refractivity contribution in [1.29, 1.82) is 0 Å². The maximum atomic E-state index is 3.82. The van der Waals surface area contributed by atoms with Crippen LogP contribution in [0.25, 0.3) is 0 Å². The molecule has 96 valence electrons. The topological polar surface area (TPSA) is 12.0 Å². The highest BCUT2D eigenvalue weighted by molar-refractivity contribution is 9.10. The molecule has 1 nitrogen and oxygen atoms in total. The highest BCUT2D eigenvalue weighted by Gasteiger charge is 2.26. The molecule has 1 aliphatic carbocycles. The Balaban J connectivity index is 1.97. The van der Waals surface area contributed by atoms with Gasteiger partial charge in [0, 0.05) is 26.7 Å². The van der Waals surface area contributed by atoms with Crippen LogP contribution in [0.3, 0.4) is 0 Å². The highest BCUT2D eigenvalue weighted by atomic mass is 79.9. The molecule has 4 heteroatoms. The fraction of sp³-hybridized carbons (Fsp3) is 0.692. The molecule has 2 rings (SSSR count). The van der Waals surface area contributed by atoms with E-state index in [1.165, 1.54) is 35.0 Å². The summed E-state index contributed by atoms with van der Waals surface area (Å²) in [6.45, 7) is 2.28. The van der Waals surface area contributed by atoms with Gasteiger partial charge in [-0.05, 0) is 53.4 Å². The van der Waals surface area contributed by atoms with Crippen LogP contribution >= 0.6 is 39.0 Å². The third kappa shape index (κ3) is 3.49. The predicted octanol–water partition coefficient (Wildman–Crippen LogP) is 4.84. The van der Waals surface area contributed by atoms with E-state index < -0.39 is 0 Å². The summed E-state index contributed by atoms with van der Waals surface area (Å²) in [5.41, 5.74) is 0. The van der Waals surface area contributed by atoms with Gasteiger partial charge in [0.2, 0.25) is 0 Å². The Morgan fingerprint density at radius 3 is 2.88 bits per heavy atom. The van der Waals surface area contributed by atoms with Gasteiger partial charge >= 0.3 is 0 Å². The number of thiophene rings is 1. The van der Waals surface area contributed by atoms with E-state index in [0.29, 0.717) is 12.1 Å². The maximum absolute atomic E-state index is 3.82. The van der Waals surface area contributed by atoms with Gasteiger partial charge in [-0.25, -0.2) is 0 Å². The van der Waals surface area contributed by atoms with Gasteiger partial charge in [0.1, 0.15) is 0 Å². The van der Waals surface area contributed by atoms with Crippen LogP contribution in [0.4, 0.5) is 0 Å². The minimum Gasteiger partial charge on any atom is -0.306 e. The molecule has 1 aliphatic rings. The third-order valence-corrected chi connectivity index (χ3v) is 6.73. The molecular weight excluding hydrogens is 314 g/mol. The lowest BCUT2D eigenvalue weighted by molar-refractivity contribution is 0.358. The number of nitrogens with one attached hydrogen (secondary N) is 1. The Kier molecular flexibility index (Phi) is 5.40. The van der Waals surface area contributed by atoms with E-state index >= 15 is 0 Å². The average Bonchev–Trinajstić information content (AvgIpc) is 2.76. The number of hydrogen-bond acceptors (Lipinski definition) is 3. The second-order valence-corrected chi connectivity index (χ2v) is 7.57. The first-order valence-corrected chi connectivity index (χ1v) is 9.20. The van der Waals surface area contributed by atoms with Crippen LogP contribution in [0.15, 0.2) is 15.9 Å². The van der Waals surface area contributed by atoms with Gasteiger partial charge < -0.3 is 5.32 Å². The minimum atomic E-state index is 0.460. The molecule has 1 aromatic rings. The van der Waals surface area contributed by atoms with Crippen molar-refractivity contribution in [2.75, 3.05) is 6.26 Å². The predicted molar refractivity (Wildman–Crippen MR) is 83.1 cm³/mol. The zero-order valence-corrected chi connectivity index (χ0v) is 13.6. The number of halogens is 1. The molecule has 1 aromatic heterocycles.